The molecule has 6 heteroatoms. The molecule has 12 aromatic rings. The largest absolute Gasteiger partial charge is 0.309 e. The summed E-state index contributed by atoms with van der Waals surface area (Å²) in [5, 5.41) is 7.43. The van der Waals surface area contributed by atoms with Crippen LogP contribution in [-0.2, 0) is 0 Å². The SMILES string of the molecule is c1ccc(-c2nc(-c3ccccc3)nc(-c3ccc4c(c3)sc3ccc(-n5c6ccccc6c6ccc7c(c8ccccc8n7-c7ccccc7)c65)cc34)n2)cc1. The summed E-state index contributed by atoms with van der Waals surface area (Å²) in [5.41, 5.74) is 9.97. The van der Waals surface area contributed by atoms with Crippen LogP contribution in [0.4, 0.5) is 0 Å². The Bertz CT molecular complexity index is 3450. The summed E-state index contributed by atoms with van der Waals surface area (Å²) in [7, 11) is 0. The molecule has 0 saturated carbocycles. The van der Waals surface area contributed by atoms with Crippen LogP contribution < -0.4 is 0 Å². The summed E-state index contributed by atoms with van der Waals surface area (Å²) in [6.45, 7) is 0. The van der Waals surface area contributed by atoms with E-state index in [1.54, 1.807) is 11.3 Å². The zero-order valence-electron chi connectivity index (χ0n) is 30.5. The standard InChI is InChI=1S/C51H31N5S/c1-4-14-32(15-5-1)49-52-50(33-16-6-2-7-17-33)54-51(53-49)34-24-26-38-41-31-36(25-29-45(41)57-46(38)30-34)56-42-22-12-10-20-37(42)39-27-28-44-47(48(39)56)40-21-11-13-23-43(40)55(44)35-18-8-3-9-19-35/h1-31H. The Labute approximate surface area is 331 Å². The van der Waals surface area contributed by atoms with E-state index in [1.807, 2.05) is 60.7 Å². The second kappa shape index (κ2) is 12.6. The van der Waals surface area contributed by atoms with Crippen LogP contribution in [0, 0.1) is 0 Å². The van der Waals surface area contributed by atoms with Gasteiger partial charge in [0, 0.05) is 69.8 Å². The van der Waals surface area contributed by atoms with E-state index in [4.69, 9.17) is 15.0 Å². The fourth-order valence-electron chi connectivity index (χ4n) is 8.61. The van der Waals surface area contributed by atoms with Gasteiger partial charge in [0.05, 0.1) is 22.1 Å². The minimum Gasteiger partial charge on any atom is -0.309 e. The number of thiophene rings is 1. The van der Waals surface area contributed by atoms with Gasteiger partial charge in [-0.2, -0.15) is 0 Å². The summed E-state index contributed by atoms with van der Waals surface area (Å²) in [4.78, 5) is 14.9. The normalized spacial score (nSPS) is 11.9. The average molecular weight is 746 g/mol. The van der Waals surface area contributed by atoms with Crippen molar-refractivity contribution in [3.05, 3.63) is 188 Å². The van der Waals surface area contributed by atoms with Gasteiger partial charge in [-0.3, -0.25) is 0 Å². The number of nitrogens with zero attached hydrogens (tertiary/aromatic N) is 5. The Morgan fingerprint density at radius 1 is 0.333 bits per heavy atom. The molecule has 5 nitrogen and oxygen atoms in total. The van der Waals surface area contributed by atoms with Crippen molar-refractivity contribution >= 4 is 75.1 Å². The first kappa shape index (κ1) is 31.9. The maximum absolute atomic E-state index is 5.01. The van der Waals surface area contributed by atoms with Gasteiger partial charge in [-0.25, -0.2) is 15.0 Å². The Kier molecular flexibility index (Phi) is 7.03. The minimum absolute atomic E-state index is 0.659. The van der Waals surface area contributed by atoms with Crippen molar-refractivity contribution in [2.75, 3.05) is 0 Å². The van der Waals surface area contributed by atoms with Gasteiger partial charge in [0.15, 0.2) is 17.5 Å². The van der Waals surface area contributed by atoms with Crippen molar-refractivity contribution in [3.63, 3.8) is 0 Å². The predicted molar refractivity (Wildman–Crippen MR) is 238 cm³/mol. The minimum atomic E-state index is 0.659. The van der Waals surface area contributed by atoms with Gasteiger partial charge >= 0.3 is 0 Å². The predicted octanol–water partition coefficient (Wildman–Crippen LogP) is 13.4. The molecule has 4 aromatic heterocycles. The lowest BCUT2D eigenvalue weighted by atomic mass is 10.1. The van der Waals surface area contributed by atoms with Gasteiger partial charge < -0.3 is 9.13 Å². The Morgan fingerprint density at radius 3 is 1.61 bits per heavy atom. The second-order valence-electron chi connectivity index (χ2n) is 14.4. The molecule has 266 valence electrons. The lowest BCUT2D eigenvalue weighted by Gasteiger charge is -2.10. The fourth-order valence-corrected chi connectivity index (χ4v) is 9.74. The lowest BCUT2D eigenvalue weighted by molar-refractivity contribution is 1.07. The molecule has 0 aliphatic carbocycles. The van der Waals surface area contributed by atoms with Crippen molar-refractivity contribution in [2.24, 2.45) is 0 Å². The molecule has 57 heavy (non-hydrogen) atoms. The van der Waals surface area contributed by atoms with E-state index >= 15 is 0 Å². The maximum atomic E-state index is 5.01. The summed E-state index contributed by atoms with van der Waals surface area (Å²) < 4.78 is 7.31. The van der Waals surface area contributed by atoms with Gasteiger partial charge in [-0.05, 0) is 54.6 Å². The molecule has 0 aliphatic rings. The van der Waals surface area contributed by atoms with Crippen molar-refractivity contribution in [1.29, 1.82) is 0 Å². The van der Waals surface area contributed by atoms with Gasteiger partial charge in [0.1, 0.15) is 0 Å². The number of para-hydroxylation sites is 3. The van der Waals surface area contributed by atoms with E-state index in [0.717, 1.165) is 28.1 Å². The van der Waals surface area contributed by atoms with E-state index in [-0.39, 0.29) is 0 Å². The van der Waals surface area contributed by atoms with Crippen LogP contribution in [0.15, 0.2) is 188 Å². The van der Waals surface area contributed by atoms with Crippen molar-refractivity contribution in [1.82, 2.24) is 24.1 Å². The molecule has 0 unspecified atom stereocenters. The number of benzene rings is 8. The number of rotatable bonds is 5. The quantitative estimate of drug-likeness (QED) is 0.176. The number of fused-ring (bicyclic) bond motifs is 10. The highest BCUT2D eigenvalue weighted by molar-refractivity contribution is 7.25. The Morgan fingerprint density at radius 2 is 0.912 bits per heavy atom. The summed E-state index contributed by atoms with van der Waals surface area (Å²) >= 11 is 1.81. The van der Waals surface area contributed by atoms with Gasteiger partial charge in [-0.1, -0.05) is 133 Å². The average Bonchev–Trinajstić information content (AvgIpc) is 3.94. The first-order valence-corrected chi connectivity index (χ1v) is 19.9. The summed E-state index contributed by atoms with van der Waals surface area (Å²) in [6, 6.07) is 66.7. The zero-order chi connectivity index (χ0) is 37.5. The summed E-state index contributed by atoms with van der Waals surface area (Å²) in [6.07, 6.45) is 0. The molecular weight excluding hydrogens is 715 g/mol. The highest BCUT2D eigenvalue weighted by atomic mass is 32.1. The van der Waals surface area contributed by atoms with Crippen LogP contribution in [0.5, 0.6) is 0 Å². The number of aromatic nitrogens is 5. The van der Waals surface area contributed by atoms with E-state index in [1.165, 1.54) is 63.8 Å². The van der Waals surface area contributed by atoms with Gasteiger partial charge in [0.25, 0.3) is 0 Å². The molecule has 0 saturated heterocycles. The van der Waals surface area contributed by atoms with Crippen LogP contribution in [0.1, 0.15) is 0 Å². The molecule has 12 rings (SSSR count). The Hall–Kier alpha value is -7.41. The highest BCUT2D eigenvalue weighted by Crippen LogP contribution is 2.43. The molecule has 8 aromatic carbocycles. The number of hydrogen-bond acceptors (Lipinski definition) is 4. The van der Waals surface area contributed by atoms with Crippen LogP contribution >= 0.6 is 11.3 Å². The van der Waals surface area contributed by atoms with Gasteiger partial charge in [0.2, 0.25) is 0 Å². The first-order chi connectivity index (χ1) is 28.3. The van der Waals surface area contributed by atoms with Crippen LogP contribution in [0.2, 0.25) is 0 Å². The molecule has 0 N–H and O–H groups in total. The molecule has 4 heterocycles. The van der Waals surface area contributed by atoms with E-state index in [2.05, 4.69) is 137 Å². The molecule has 0 aliphatic heterocycles. The molecule has 0 radical (unpaired) electrons. The zero-order valence-corrected chi connectivity index (χ0v) is 31.4. The third kappa shape index (κ3) is 4.98. The fraction of sp³-hybridized carbons (Fsp3) is 0. The smallest absolute Gasteiger partial charge is 0.164 e. The topological polar surface area (TPSA) is 48.5 Å². The highest BCUT2D eigenvalue weighted by Gasteiger charge is 2.21. The van der Waals surface area contributed by atoms with Crippen LogP contribution in [-0.4, -0.2) is 24.1 Å². The number of hydrogen-bond donors (Lipinski definition) is 0. The lowest BCUT2D eigenvalue weighted by Crippen LogP contribution is -1.99. The Balaban J connectivity index is 1.06. The maximum Gasteiger partial charge on any atom is 0.164 e. The molecule has 0 bridgehead atoms. The van der Waals surface area contributed by atoms with Crippen molar-refractivity contribution < 1.29 is 0 Å². The van der Waals surface area contributed by atoms with Gasteiger partial charge in [-0.15, -0.1) is 11.3 Å². The molecule has 0 atom stereocenters. The molecular formula is C51H31N5S. The van der Waals surface area contributed by atoms with Crippen molar-refractivity contribution in [2.45, 2.75) is 0 Å². The van der Waals surface area contributed by atoms with E-state index < -0.39 is 0 Å². The van der Waals surface area contributed by atoms with Crippen LogP contribution in [0.25, 0.3) is 109 Å². The monoisotopic (exact) mass is 745 g/mol. The molecule has 0 spiro atoms. The van der Waals surface area contributed by atoms with Crippen LogP contribution in [0.3, 0.4) is 0 Å². The summed E-state index contributed by atoms with van der Waals surface area (Å²) in [5.74, 6) is 1.98. The third-order valence-electron chi connectivity index (χ3n) is 11.2. The molecule has 0 amide bonds. The first-order valence-electron chi connectivity index (χ1n) is 19.1. The third-order valence-corrected chi connectivity index (χ3v) is 12.3. The van der Waals surface area contributed by atoms with Crippen molar-refractivity contribution in [3.8, 4) is 45.5 Å². The van der Waals surface area contributed by atoms with E-state index in [0.29, 0.717) is 17.5 Å². The van der Waals surface area contributed by atoms with E-state index in [9.17, 15) is 0 Å². The second-order valence-corrected chi connectivity index (χ2v) is 15.5. The molecule has 0 fully saturated rings.